The topological polar surface area (TPSA) is 75.7 Å². The number of benzene rings is 4. The summed E-state index contributed by atoms with van der Waals surface area (Å²) in [7, 11) is -0.468. The second kappa shape index (κ2) is 14.5. The Balaban J connectivity index is 1.47. The highest BCUT2D eigenvalue weighted by Crippen LogP contribution is 2.38. The highest BCUT2D eigenvalue weighted by Gasteiger charge is 2.51. The van der Waals surface area contributed by atoms with Gasteiger partial charge in [-0.05, 0) is 41.3 Å². The molecule has 0 spiro atoms. The molecule has 2 unspecified atom stereocenters. The van der Waals surface area contributed by atoms with Gasteiger partial charge < -0.3 is 15.0 Å². The number of nitrogens with one attached hydrogen (secondary N) is 1. The van der Waals surface area contributed by atoms with Crippen LogP contribution in [0.5, 0.6) is 5.75 Å². The molecule has 1 fully saturated rings. The number of rotatable bonds is 12. The smallest absolute Gasteiger partial charge is 0.241 e. The lowest BCUT2D eigenvalue weighted by Gasteiger charge is -2.32. The van der Waals surface area contributed by atoms with Crippen LogP contribution in [0.15, 0.2) is 115 Å². The fraction of sp³-hybridized carbons (Fsp3) is 0.306. The number of hydrogen-bond donors (Lipinski definition) is 1. The molecule has 0 aromatic heterocycles. The van der Waals surface area contributed by atoms with Crippen molar-refractivity contribution in [1.82, 2.24) is 10.2 Å². The second-order valence-electron chi connectivity index (χ2n) is 11.3. The van der Waals surface area contributed by atoms with Gasteiger partial charge >= 0.3 is 0 Å². The highest BCUT2D eigenvalue weighted by molar-refractivity contribution is 8.01. The van der Waals surface area contributed by atoms with Gasteiger partial charge in [0, 0.05) is 37.1 Å². The van der Waals surface area contributed by atoms with Crippen LogP contribution in [0.1, 0.15) is 35.1 Å². The van der Waals surface area contributed by atoms with E-state index in [1.165, 1.54) is 0 Å². The number of nitrogens with zero attached hydrogens (tertiary/aromatic N) is 1. The lowest BCUT2D eigenvalue weighted by molar-refractivity contribution is -0.132. The highest BCUT2D eigenvalue weighted by atomic mass is 32.2. The Labute approximate surface area is 265 Å². The van der Waals surface area contributed by atoms with Crippen LogP contribution in [0.3, 0.4) is 0 Å². The predicted molar refractivity (Wildman–Crippen MR) is 180 cm³/mol. The van der Waals surface area contributed by atoms with Crippen molar-refractivity contribution in [2.75, 3.05) is 20.7 Å². The molecule has 230 valence electrons. The van der Waals surface area contributed by atoms with E-state index < -0.39 is 26.4 Å². The number of likely N-dealkylation sites (N-methyl/N-ethyl adjacent to an activating group) is 1. The number of carbonyl (C=O) groups is 1. The van der Waals surface area contributed by atoms with Gasteiger partial charge in [-0.15, -0.1) is 0 Å². The fourth-order valence-electron chi connectivity index (χ4n) is 6.06. The number of thioether (sulfide) groups is 1. The van der Waals surface area contributed by atoms with E-state index in [9.17, 15) is 13.2 Å². The van der Waals surface area contributed by atoms with E-state index in [0.717, 1.165) is 28.0 Å². The van der Waals surface area contributed by atoms with Crippen molar-refractivity contribution in [3.05, 3.63) is 138 Å². The summed E-state index contributed by atoms with van der Waals surface area (Å²) in [5, 5.41) is 1.37. The molecule has 4 aromatic rings. The van der Waals surface area contributed by atoms with Crippen LogP contribution in [0.25, 0.3) is 0 Å². The Bertz CT molecular complexity index is 1560. The van der Waals surface area contributed by atoms with Crippen molar-refractivity contribution in [2.45, 2.75) is 46.9 Å². The van der Waals surface area contributed by atoms with Crippen LogP contribution in [0, 0.1) is 0 Å². The molecule has 1 aliphatic heterocycles. The van der Waals surface area contributed by atoms with Crippen LogP contribution in [0.4, 0.5) is 0 Å². The monoisotopic (exact) mass is 628 g/mol. The van der Waals surface area contributed by atoms with Crippen molar-refractivity contribution in [2.24, 2.45) is 0 Å². The van der Waals surface area contributed by atoms with Crippen LogP contribution < -0.4 is 10.1 Å². The minimum atomic E-state index is -3.85. The Hall–Kier alpha value is -3.59. The summed E-state index contributed by atoms with van der Waals surface area (Å²) in [6.45, 7) is 2.63. The first-order valence-electron chi connectivity index (χ1n) is 14.9. The first-order chi connectivity index (χ1) is 21.3. The second-order valence-corrected chi connectivity index (χ2v) is 15.0. The zero-order chi connectivity index (χ0) is 31.1. The normalized spacial score (nSPS) is 19.0. The number of carbonyl (C=O) groups excluding carboxylic acids is 1. The molecule has 4 aromatic carbocycles. The maximum Gasteiger partial charge on any atom is 0.241 e. The van der Waals surface area contributed by atoms with Crippen LogP contribution in [-0.2, 0) is 26.9 Å². The summed E-state index contributed by atoms with van der Waals surface area (Å²) in [6.07, 6.45) is 0. The molecule has 44 heavy (non-hydrogen) atoms. The third-order valence-electron chi connectivity index (χ3n) is 8.45. The summed E-state index contributed by atoms with van der Waals surface area (Å²) in [4.78, 5) is 15.6. The maximum atomic E-state index is 14.9. The molecular formula is C36H40N2O4S2. The molecule has 1 amide bonds. The van der Waals surface area contributed by atoms with Gasteiger partial charge in [0.2, 0.25) is 5.91 Å². The van der Waals surface area contributed by atoms with Crippen molar-refractivity contribution in [3.8, 4) is 5.75 Å². The molecule has 6 nitrogen and oxygen atoms in total. The van der Waals surface area contributed by atoms with Gasteiger partial charge in [0.15, 0.2) is 9.84 Å². The van der Waals surface area contributed by atoms with Crippen molar-refractivity contribution >= 4 is 27.5 Å². The number of sulfone groups is 1. The summed E-state index contributed by atoms with van der Waals surface area (Å²) < 4.78 is 35.1. The zero-order valence-corrected chi connectivity index (χ0v) is 27.0. The molecule has 4 atom stereocenters. The Morgan fingerprint density at radius 2 is 1.41 bits per heavy atom. The van der Waals surface area contributed by atoms with E-state index in [1.807, 2.05) is 115 Å². The average molecular weight is 629 g/mol. The molecule has 8 heteroatoms. The van der Waals surface area contributed by atoms with Crippen molar-refractivity contribution < 1.29 is 17.9 Å². The lowest BCUT2D eigenvalue weighted by atomic mass is 9.89. The molecule has 0 bridgehead atoms. The van der Waals surface area contributed by atoms with E-state index in [2.05, 4.69) is 5.32 Å². The molecule has 1 N–H and O–H groups in total. The maximum absolute atomic E-state index is 14.9. The summed E-state index contributed by atoms with van der Waals surface area (Å²) in [5.74, 6) is 0.805. The average Bonchev–Trinajstić information content (AvgIpc) is 3.50. The van der Waals surface area contributed by atoms with Gasteiger partial charge in [-0.2, -0.15) is 11.8 Å². The van der Waals surface area contributed by atoms with E-state index in [4.69, 9.17) is 4.74 Å². The van der Waals surface area contributed by atoms with E-state index in [0.29, 0.717) is 18.8 Å². The van der Waals surface area contributed by atoms with Crippen LogP contribution in [-0.4, -0.2) is 61.7 Å². The van der Waals surface area contributed by atoms with Gasteiger partial charge in [-0.1, -0.05) is 103 Å². The molecular weight excluding hydrogens is 589 g/mol. The third kappa shape index (κ3) is 7.20. The molecule has 1 saturated heterocycles. The Morgan fingerprint density at radius 1 is 0.864 bits per heavy atom. The quantitative estimate of drug-likeness (QED) is 0.210. The van der Waals surface area contributed by atoms with Gasteiger partial charge in [-0.25, -0.2) is 8.42 Å². The first-order valence-corrected chi connectivity index (χ1v) is 17.5. The van der Waals surface area contributed by atoms with Gasteiger partial charge in [0.1, 0.15) is 11.8 Å². The fourth-order valence-corrected chi connectivity index (χ4v) is 10.2. The zero-order valence-electron chi connectivity index (χ0n) is 25.4. The first kappa shape index (κ1) is 31.8. The summed E-state index contributed by atoms with van der Waals surface area (Å²) >= 11 is 1.59. The van der Waals surface area contributed by atoms with Crippen molar-refractivity contribution in [3.63, 3.8) is 0 Å². The van der Waals surface area contributed by atoms with Crippen LogP contribution in [0.2, 0.25) is 0 Å². The minimum absolute atomic E-state index is 0.210. The Morgan fingerprint density at radius 3 is 1.95 bits per heavy atom. The van der Waals surface area contributed by atoms with E-state index >= 15 is 0 Å². The Kier molecular flexibility index (Phi) is 10.5. The summed E-state index contributed by atoms with van der Waals surface area (Å²) in [6, 6.07) is 36.3. The SMILES string of the molecule is COc1ccc(CS[C@@H]2CN[C@@H](C(=O)N(C)Cc3ccccc3)C2S(=O)(=O)C(C)C(c2ccccc2)c2ccccc2)cc1. The molecule has 0 saturated carbocycles. The number of methoxy groups -OCH3 is 1. The van der Waals surface area contributed by atoms with Crippen LogP contribution >= 0.6 is 11.8 Å². The molecule has 0 radical (unpaired) electrons. The molecule has 0 aliphatic carbocycles. The standard InChI is InChI=1S/C36H40N2O4S2/c1-26(33(29-15-9-5-10-16-29)30-17-11-6-12-18-30)44(40,41)35-32(43-25-28-19-21-31(42-3)22-20-28)23-37-34(35)36(39)38(2)24-27-13-7-4-8-14-27/h4-22,26,32-35,37H,23-25H2,1-3H3/t26?,32-,34-,35?/m1/s1. The number of amides is 1. The van der Waals surface area contributed by atoms with E-state index in [1.54, 1.807) is 37.7 Å². The number of hydrogen-bond acceptors (Lipinski definition) is 6. The predicted octanol–water partition coefficient (Wildman–Crippen LogP) is 5.93. The van der Waals surface area contributed by atoms with Gasteiger partial charge in [-0.3, -0.25) is 4.79 Å². The molecule has 1 heterocycles. The third-order valence-corrected chi connectivity index (χ3v) is 12.7. The van der Waals surface area contributed by atoms with Gasteiger partial charge in [0.05, 0.1) is 17.6 Å². The van der Waals surface area contributed by atoms with Crippen molar-refractivity contribution in [1.29, 1.82) is 0 Å². The lowest BCUT2D eigenvalue weighted by Crippen LogP contribution is -2.52. The summed E-state index contributed by atoms with van der Waals surface area (Å²) in [5.41, 5.74) is 3.94. The molecule has 1 aliphatic rings. The molecule has 5 rings (SSSR count). The minimum Gasteiger partial charge on any atom is -0.497 e. The number of ether oxygens (including phenoxy) is 1. The largest absolute Gasteiger partial charge is 0.497 e. The van der Waals surface area contributed by atoms with Gasteiger partial charge in [0.25, 0.3) is 0 Å². The van der Waals surface area contributed by atoms with E-state index in [-0.39, 0.29) is 17.1 Å².